The van der Waals surface area contributed by atoms with E-state index < -0.39 is 0 Å². The van der Waals surface area contributed by atoms with Gasteiger partial charge in [0.15, 0.2) is 0 Å². The molecule has 1 heterocycles. The lowest BCUT2D eigenvalue weighted by atomic mass is 10.0. The quantitative estimate of drug-likeness (QED) is 0.475. The molecule has 0 N–H and O–H groups in total. The van der Waals surface area contributed by atoms with Gasteiger partial charge in [0.1, 0.15) is 17.3 Å². The average molecular weight is 445 g/mol. The van der Waals surface area contributed by atoms with Crippen LogP contribution >= 0.6 is 0 Å². The second kappa shape index (κ2) is 9.69. The zero-order valence-electron chi connectivity index (χ0n) is 18.6. The number of benzene rings is 3. The van der Waals surface area contributed by atoms with Gasteiger partial charge < -0.3 is 9.64 Å². The second-order valence-corrected chi connectivity index (χ2v) is 7.85. The van der Waals surface area contributed by atoms with Crippen LogP contribution in [0.15, 0.2) is 84.6 Å². The van der Waals surface area contributed by atoms with Gasteiger partial charge in [-0.05, 0) is 47.9 Å². The highest BCUT2D eigenvalue weighted by atomic mass is 19.1. The molecular weight excluding hydrogens is 419 g/mol. The largest absolute Gasteiger partial charge is 0.494 e. The van der Waals surface area contributed by atoms with Crippen molar-refractivity contribution in [3.8, 4) is 5.75 Å². The molecule has 0 radical (unpaired) electrons. The highest BCUT2D eigenvalue weighted by Crippen LogP contribution is 2.33. The Morgan fingerprint density at radius 3 is 2.15 bits per heavy atom. The summed E-state index contributed by atoms with van der Waals surface area (Å²) in [6.45, 7) is 2.98. The van der Waals surface area contributed by atoms with Crippen molar-refractivity contribution < 1.29 is 18.7 Å². The van der Waals surface area contributed by atoms with E-state index in [2.05, 4.69) is 0 Å². The Bertz CT molecular complexity index is 1170. The molecule has 3 aromatic carbocycles. The highest BCUT2D eigenvalue weighted by molar-refractivity contribution is 6.35. The van der Waals surface area contributed by atoms with Gasteiger partial charge >= 0.3 is 0 Å². The SMILES string of the molecule is CCOc1ccc(C2=C(N(C)Cc3ccccc3)C(=O)N(Cc3ccc(F)cc3)C2=O)cc1. The molecule has 1 aliphatic heterocycles. The molecule has 0 atom stereocenters. The van der Waals surface area contributed by atoms with Gasteiger partial charge in [0, 0.05) is 13.6 Å². The minimum absolute atomic E-state index is 0.0706. The molecule has 168 valence electrons. The number of imide groups is 1. The monoisotopic (exact) mass is 444 g/mol. The predicted octanol–water partition coefficient (Wildman–Crippen LogP) is 4.64. The minimum atomic E-state index is -0.372. The third-order valence-electron chi connectivity index (χ3n) is 5.50. The van der Waals surface area contributed by atoms with Crippen LogP contribution in [0.4, 0.5) is 4.39 Å². The van der Waals surface area contributed by atoms with Gasteiger partial charge in [-0.1, -0.05) is 54.6 Å². The molecular formula is C27H25FN2O3. The number of ether oxygens (including phenoxy) is 1. The van der Waals surface area contributed by atoms with E-state index in [1.807, 2.05) is 49.2 Å². The topological polar surface area (TPSA) is 49.9 Å². The van der Waals surface area contributed by atoms with Crippen LogP contribution in [0.5, 0.6) is 5.75 Å². The molecule has 3 aromatic rings. The van der Waals surface area contributed by atoms with Gasteiger partial charge in [-0.25, -0.2) is 4.39 Å². The molecule has 2 amide bonds. The van der Waals surface area contributed by atoms with Gasteiger partial charge in [0.25, 0.3) is 11.8 Å². The van der Waals surface area contributed by atoms with E-state index in [9.17, 15) is 14.0 Å². The van der Waals surface area contributed by atoms with Crippen molar-refractivity contribution in [2.75, 3.05) is 13.7 Å². The van der Waals surface area contributed by atoms with Gasteiger partial charge in [-0.2, -0.15) is 0 Å². The maximum Gasteiger partial charge on any atom is 0.278 e. The van der Waals surface area contributed by atoms with E-state index in [1.165, 1.54) is 17.0 Å². The minimum Gasteiger partial charge on any atom is -0.494 e. The first-order valence-electron chi connectivity index (χ1n) is 10.8. The Morgan fingerprint density at radius 1 is 0.848 bits per heavy atom. The number of likely N-dealkylation sites (N-methyl/N-ethyl adjacent to an activating group) is 1. The fourth-order valence-corrected chi connectivity index (χ4v) is 3.91. The van der Waals surface area contributed by atoms with Crippen LogP contribution in [0, 0.1) is 5.82 Å². The van der Waals surface area contributed by atoms with Crippen molar-refractivity contribution in [3.63, 3.8) is 0 Å². The normalized spacial score (nSPS) is 13.6. The predicted molar refractivity (Wildman–Crippen MR) is 124 cm³/mol. The summed E-state index contributed by atoms with van der Waals surface area (Å²) < 4.78 is 18.8. The van der Waals surface area contributed by atoms with Crippen molar-refractivity contribution in [2.45, 2.75) is 20.0 Å². The van der Waals surface area contributed by atoms with Gasteiger partial charge in [-0.15, -0.1) is 0 Å². The van der Waals surface area contributed by atoms with E-state index in [4.69, 9.17) is 4.74 Å². The molecule has 4 rings (SSSR count). The summed E-state index contributed by atoms with van der Waals surface area (Å²) >= 11 is 0. The Hall–Kier alpha value is -3.93. The van der Waals surface area contributed by atoms with Crippen molar-refractivity contribution in [3.05, 3.63) is 107 Å². The molecule has 0 aromatic heterocycles. The number of hydrogen-bond donors (Lipinski definition) is 0. The number of halogens is 1. The van der Waals surface area contributed by atoms with Crippen molar-refractivity contribution in [2.24, 2.45) is 0 Å². The summed E-state index contributed by atoms with van der Waals surface area (Å²) in [6, 6.07) is 22.7. The van der Waals surface area contributed by atoms with Crippen LogP contribution in [0.2, 0.25) is 0 Å². The van der Waals surface area contributed by atoms with Crippen LogP contribution < -0.4 is 4.74 Å². The third-order valence-corrected chi connectivity index (χ3v) is 5.50. The molecule has 0 aliphatic carbocycles. The number of nitrogens with zero attached hydrogens (tertiary/aromatic N) is 2. The molecule has 5 nitrogen and oxygen atoms in total. The molecule has 0 fully saturated rings. The van der Waals surface area contributed by atoms with Gasteiger partial charge in [0.05, 0.1) is 18.7 Å². The lowest BCUT2D eigenvalue weighted by Gasteiger charge is -2.21. The first kappa shape index (κ1) is 22.3. The summed E-state index contributed by atoms with van der Waals surface area (Å²) in [7, 11) is 1.81. The van der Waals surface area contributed by atoms with Gasteiger partial charge in [-0.3, -0.25) is 14.5 Å². The lowest BCUT2D eigenvalue weighted by Crippen LogP contribution is -2.33. The maximum absolute atomic E-state index is 13.5. The van der Waals surface area contributed by atoms with E-state index in [-0.39, 0.29) is 24.2 Å². The van der Waals surface area contributed by atoms with Crippen LogP contribution in [0.1, 0.15) is 23.6 Å². The second-order valence-electron chi connectivity index (χ2n) is 7.85. The number of rotatable bonds is 8. The van der Waals surface area contributed by atoms with Crippen LogP contribution in [0.3, 0.4) is 0 Å². The third kappa shape index (κ3) is 4.80. The first-order valence-corrected chi connectivity index (χ1v) is 10.8. The summed E-state index contributed by atoms with van der Waals surface area (Å²) in [6.07, 6.45) is 0. The van der Waals surface area contributed by atoms with Crippen LogP contribution in [-0.2, 0) is 22.7 Å². The summed E-state index contributed by atoms with van der Waals surface area (Å²) in [5, 5.41) is 0. The van der Waals surface area contributed by atoms with E-state index in [0.717, 1.165) is 5.56 Å². The standard InChI is InChI=1S/C27H25FN2O3/c1-3-33-23-15-11-21(12-16-23)24-25(29(2)17-19-7-5-4-6-8-19)27(32)30(26(24)31)18-20-9-13-22(28)14-10-20/h4-16H,3,17-18H2,1-2H3. The van der Waals surface area contributed by atoms with E-state index in [0.29, 0.717) is 41.3 Å². The molecule has 0 bridgehead atoms. The van der Waals surface area contributed by atoms with Crippen LogP contribution in [0.25, 0.3) is 5.57 Å². The van der Waals surface area contributed by atoms with Crippen molar-refractivity contribution in [1.29, 1.82) is 0 Å². The van der Waals surface area contributed by atoms with Gasteiger partial charge in [0.2, 0.25) is 0 Å². The van der Waals surface area contributed by atoms with E-state index >= 15 is 0 Å². The average Bonchev–Trinajstić information content (AvgIpc) is 3.07. The highest BCUT2D eigenvalue weighted by Gasteiger charge is 2.40. The Labute approximate surface area is 192 Å². The molecule has 0 spiro atoms. The zero-order chi connectivity index (χ0) is 23.4. The Balaban J connectivity index is 1.70. The molecule has 0 unspecified atom stereocenters. The fraction of sp³-hybridized carbons (Fsp3) is 0.185. The molecule has 6 heteroatoms. The Kier molecular flexibility index (Phi) is 6.54. The Morgan fingerprint density at radius 2 is 1.52 bits per heavy atom. The number of carbonyl (C=O) groups is 2. The molecule has 1 aliphatic rings. The maximum atomic E-state index is 13.5. The number of carbonyl (C=O) groups excluding carboxylic acids is 2. The number of hydrogen-bond acceptors (Lipinski definition) is 4. The summed E-state index contributed by atoms with van der Waals surface area (Å²) in [5.74, 6) is -0.412. The smallest absolute Gasteiger partial charge is 0.278 e. The first-order chi connectivity index (χ1) is 16.0. The molecule has 33 heavy (non-hydrogen) atoms. The summed E-state index contributed by atoms with van der Waals surface area (Å²) in [4.78, 5) is 30.0. The van der Waals surface area contributed by atoms with E-state index in [1.54, 1.807) is 36.4 Å². The fourth-order valence-electron chi connectivity index (χ4n) is 3.91. The van der Waals surface area contributed by atoms with Crippen molar-refractivity contribution in [1.82, 2.24) is 9.80 Å². The van der Waals surface area contributed by atoms with Crippen LogP contribution in [-0.4, -0.2) is 35.3 Å². The number of amides is 2. The lowest BCUT2D eigenvalue weighted by molar-refractivity contribution is -0.138. The molecule has 0 saturated carbocycles. The molecule has 0 saturated heterocycles. The van der Waals surface area contributed by atoms with Crippen molar-refractivity contribution >= 4 is 17.4 Å². The zero-order valence-corrected chi connectivity index (χ0v) is 18.6. The summed E-state index contributed by atoms with van der Waals surface area (Å²) in [5.41, 5.74) is 3.04.